The van der Waals surface area contributed by atoms with E-state index in [0.29, 0.717) is 6.42 Å². The van der Waals surface area contributed by atoms with Gasteiger partial charge < -0.3 is 9.84 Å². The summed E-state index contributed by atoms with van der Waals surface area (Å²) in [5.41, 5.74) is 2.38. The van der Waals surface area contributed by atoms with Gasteiger partial charge in [-0.2, -0.15) is 0 Å². The van der Waals surface area contributed by atoms with Crippen molar-refractivity contribution in [2.75, 3.05) is 7.11 Å². The molecule has 0 radical (unpaired) electrons. The normalized spacial score (nSPS) is 18.3. The van der Waals surface area contributed by atoms with Crippen molar-refractivity contribution in [2.45, 2.75) is 29.1 Å². The van der Waals surface area contributed by atoms with Crippen LogP contribution in [0.2, 0.25) is 0 Å². The third-order valence-corrected chi connectivity index (χ3v) is 5.70. The van der Waals surface area contributed by atoms with Crippen molar-refractivity contribution in [3.8, 4) is 5.75 Å². The molecule has 0 spiro atoms. The van der Waals surface area contributed by atoms with Gasteiger partial charge in [0.25, 0.3) is 0 Å². The summed E-state index contributed by atoms with van der Waals surface area (Å²) >= 11 is 5.26. The van der Waals surface area contributed by atoms with Gasteiger partial charge in [-0.25, -0.2) is 0 Å². The number of aliphatic hydroxyl groups is 1. The Morgan fingerprint density at radius 1 is 1.33 bits per heavy atom. The third kappa shape index (κ3) is 3.28. The van der Waals surface area contributed by atoms with Gasteiger partial charge in [0.05, 0.1) is 13.2 Å². The Morgan fingerprint density at radius 3 is 2.90 bits per heavy atom. The minimum absolute atomic E-state index is 0.214. The Labute approximate surface area is 137 Å². The zero-order valence-corrected chi connectivity index (χ0v) is 14.2. The van der Waals surface area contributed by atoms with E-state index in [1.54, 1.807) is 18.9 Å². The third-order valence-electron chi connectivity index (χ3n) is 3.77. The smallest absolute Gasteiger partial charge is 0.122 e. The van der Waals surface area contributed by atoms with Crippen LogP contribution in [-0.4, -0.2) is 23.6 Å². The highest BCUT2D eigenvalue weighted by Crippen LogP contribution is 2.39. The van der Waals surface area contributed by atoms with E-state index in [9.17, 15) is 5.11 Å². The number of methoxy groups -OCH3 is 1. The molecular weight excluding hydrogens is 348 g/mol. The Morgan fingerprint density at radius 2 is 2.14 bits per heavy atom. The molecule has 0 aromatic heterocycles. The lowest BCUT2D eigenvalue weighted by atomic mass is 10.0. The van der Waals surface area contributed by atoms with Crippen molar-refractivity contribution in [3.63, 3.8) is 0 Å². The van der Waals surface area contributed by atoms with E-state index in [1.165, 1.54) is 10.5 Å². The van der Waals surface area contributed by atoms with Crippen molar-refractivity contribution in [2.24, 2.45) is 0 Å². The molecule has 21 heavy (non-hydrogen) atoms. The molecule has 0 amide bonds. The highest BCUT2D eigenvalue weighted by atomic mass is 79.9. The molecular formula is C17H17BrO2S. The lowest BCUT2D eigenvalue weighted by Crippen LogP contribution is -2.25. The van der Waals surface area contributed by atoms with Crippen molar-refractivity contribution in [1.82, 2.24) is 0 Å². The summed E-state index contributed by atoms with van der Waals surface area (Å²) in [4.78, 5) is 1.29. The first-order valence-electron chi connectivity index (χ1n) is 6.92. The predicted molar refractivity (Wildman–Crippen MR) is 90.2 cm³/mol. The maximum absolute atomic E-state index is 10.6. The van der Waals surface area contributed by atoms with Crippen LogP contribution in [0.15, 0.2) is 51.8 Å². The predicted octanol–water partition coefficient (Wildman–Crippen LogP) is 4.08. The molecule has 2 aromatic rings. The molecule has 1 aliphatic heterocycles. The molecule has 2 unspecified atom stereocenters. The number of hydrogen-bond acceptors (Lipinski definition) is 3. The average Bonchev–Trinajstić information content (AvgIpc) is 2.91. The second-order valence-corrected chi connectivity index (χ2v) is 7.39. The number of benzene rings is 2. The fraction of sp³-hybridized carbons (Fsp3) is 0.294. The SMILES string of the molecule is COc1ccc(Br)cc1CC(O)C1Cc2ccccc2S1. The minimum Gasteiger partial charge on any atom is -0.496 e. The molecule has 110 valence electrons. The summed E-state index contributed by atoms with van der Waals surface area (Å²) in [5, 5.41) is 10.8. The number of aliphatic hydroxyl groups excluding tert-OH is 1. The van der Waals surface area contributed by atoms with Crippen LogP contribution in [0.25, 0.3) is 0 Å². The van der Waals surface area contributed by atoms with E-state index in [-0.39, 0.29) is 11.4 Å². The largest absolute Gasteiger partial charge is 0.496 e. The topological polar surface area (TPSA) is 29.5 Å². The fourth-order valence-corrected chi connectivity index (χ4v) is 4.40. The standard InChI is InChI=1S/C17H17BrO2S/c1-20-15-7-6-13(18)8-12(15)9-14(19)17-10-11-4-2-3-5-16(11)21-17/h2-8,14,17,19H,9-10H2,1H3. The summed E-state index contributed by atoms with van der Waals surface area (Å²) in [7, 11) is 1.67. The Hall–Kier alpha value is -0.970. The molecule has 2 atom stereocenters. The van der Waals surface area contributed by atoms with Crippen molar-refractivity contribution in [3.05, 3.63) is 58.1 Å². The number of thioether (sulfide) groups is 1. The number of fused-ring (bicyclic) bond motifs is 1. The Kier molecular flexibility index (Phi) is 4.57. The molecule has 1 N–H and O–H groups in total. The summed E-state index contributed by atoms with van der Waals surface area (Å²) in [6, 6.07) is 14.3. The van der Waals surface area contributed by atoms with E-state index in [2.05, 4.69) is 40.2 Å². The van der Waals surface area contributed by atoms with Gasteiger partial charge in [0, 0.05) is 21.0 Å². The molecule has 1 heterocycles. The van der Waals surface area contributed by atoms with Crippen LogP contribution in [-0.2, 0) is 12.8 Å². The molecule has 0 saturated heterocycles. The highest BCUT2D eigenvalue weighted by Gasteiger charge is 2.28. The Bertz CT molecular complexity index is 619. The van der Waals surface area contributed by atoms with Crippen molar-refractivity contribution in [1.29, 1.82) is 0 Å². The van der Waals surface area contributed by atoms with Gasteiger partial charge in [0.1, 0.15) is 5.75 Å². The average molecular weight is 365 g/mol. The maximum atomic E-state index is 10.6. The van der Waals surface area contributed by atoms with E-state index < -0.39 is 0 Å². The number of rotatable bonds is 4. The van der Waals surface area contributed by atoms with Crippen LogP contribution in [0.3, 0.4) is 0 Å². The van der Waals surface area contributed by atoms with Gasteiger partial charge >= 0.3 is 0 Å². The maximum Gasteiger partial charge on any atom is 0.122 e. The van der Waals surface area contributed by atoms with Crippen LogP contribution in [0, 0.1) is 0 Å². The molecule has 2 nitrogen and oxygen atoms in total. The van der Waals surface area contributed by atoms with Gasteiger partial charge in [0.2, 0.25) is 0 Å². The summed E-state index contributed by atoms with van der Waals surface area (Å²) in [6.07, 6.45) is 1.15. The van der Waals surface area contributed by atoms with Crippen LogP contribution in [0.5, 0.6) is 5.75 Å². The van der Waals surface area contributed by atoms with Gasteiger partial charge in [0.15, 0.2) is 0 Å². The van der Waals surface area contributed by atoms with E-state index in [0.717, 1.165) is 22.2 Å². The van der Waals surface area contributed by atoms with Gasteiger partial charge in [-0.05, 0) is 41.8 Å². The van der Waals surface area contributed by atoms with Crippen LogP contribution < -0.4 is 4.74 Å². The van der Waals surface area contributed by atoms with Gasteiger partial charge in [-0.1, -0.05) is 34.1 Å². The molecule has 0 fully saturated rings. The number of ether oxygens (including phenoxy) is 1. The second kappa shape index (κ2) is 6.42. The highest BCUT2D eigenvalue weighted by molar-refractivity contribution is 9.10. The lowest BCUT2D eigenvalue weighted by Gasteiger charge is -2.18. The molecule has 1 aliphatic rings. The van der Waals surface area contributed by atoms with Crippen molar-refractivity contribution < 1.29 is 9.84 Å². The summed E-state index contributed by atoms with van der Waals surface area (Å²) < 4.78 is 6.39. The first kappa shape index (κ1) is 14.9. The van der Waals surface area contributed by atoms with Gasteiger partial charge in [-0.3, -0.25) is 0 Å². The molecule has 2 aromatic carbocycles. The lowest BCUT2D eigenvalue weighted by molar-refractivity contribution is 0.171. The van der Waals surface area contributed by atoms with Crippen LogP contribution in [0.4, 0.5) is 0 Å². The monoisotopic (exact) mass is 364 g/mol. The zero-order chi connectivity index (χ0) is 14.8. The summed E-state index contributed by atoms with van der Waals surface area (Å²) in [6.45, 7) is 0. The van der Waals surface area contributed by atoms with Crippen LogP contribution >= 0.6 is 27.7 Å². The second-order valence-electron chi connectivity index (χ2n) is 5.20. The fourth-order valence-electron chi connectivity index (χ4n) is 2.69. The first-order chi connectivity index (χ1) is 10.2. The molecule has 3 rings (SSSR count). The minimum atomic E-state index is -0.384. The Balaban J connectivity index is 1.73. The van der Waals surface area contributed by atoms with E-state index in [4.69, 9.17) is 4.74 Å². The van der Waals surface area contributed by atoms with Crippen LogP contribution in [0.1, 0.15) is 11.1 Å². The zero-order valence-electron chi connectivity index (χ0n) is 11.8. The van der Waals surface area contributed by atoms with Gasteiger partial charge in [-0.15, -0.1) is 11.8 Å². The molecule has 0 bridgehead atoms. The quantitative estimate of drug-likeness (QED) is 0.886. The van der Waals surface area contributed by atoms with E-state index in [1.807, 2.05) is 18.2 Å². The molecule has 4 heteroatoms. The first-order valence-corrected chi connectivity index (χ1v) is 8.59. The van der Waals surface area contributed by atoms with E-state index >= 15 is 0 Å². The summed E-state index contributed by atoms with van der Waals surface area (Å²) in [5.74, 6) is 0.831. The molecule has 0 aliphatic carbocycles. The number of halogens is 1. The van der Waals surface area contributed by atoms with Crippen molar-refractivity contribution >= 4 is 27.7 Å². The molecule has 0 saturated carbocycles. The number of hydrogen-bond donors (Lipinski definition) is 1.